The van der Waals surface area contributed by atoms with E-state index in [-0.39, 0.29) is 5.97 Å². The molecule has 1 unspecified atom stereocenters. The number of carbonyl (C=O) groups excluding carboxylic acids is 1. The smallest absolute Gasteiger partial charge is 0.306 e. The monoisotopic (exact) mass is 190 g/mol. The number of hydrogen-bond donors (Lipinski definition) is 0. The van der Waals surface area contributed by atoms with Crippen LogP contribution in [0.3, 0.4) is 0 Å². The molecule has 0 aromatic heterocycles. The third kappa shape index (κ3) is 2.34. The van der Waals surface area contributed by atoms with Gasteiger partial charge in [0.2, 0.25) is 0 Å². The third-order valence-corrected chi connectivity index (χ3v) is 2.61. The molecule has 1 aromatic carbocycles. The maximum absolute atomic E-state index is 11.0. The standard InChI is InChI=1S/C12H14O2/c13-12-9-11(6-7-14-12)8-10-4-2-1-3-5-10/h1-5,11H,6-9H2. The molecule has 0 aliphatic carbocycles. The first-order valence-electron chi connectivity index (χ1n) is 5.04. The highest BCUT2D eigenvalue weighted by molar-refractivity contribution is 5.70. The van der Waals surface area contributed by atoms with Gasteiger partial charge in [0, 0.05) is 6.42 Å². The normalized spacial score (nSPS) is 21.7. The van der Waals surface area contributed by atoms with Crippen LogP contribution in [0.1, 0.15) is 18.4 Å². The molecule has 1 aromatic rings. The van der Waals surface area contributed by atoms with E-state index in [9.17, 15) is 4.79 Å². The molecule has 2 nitrogen and oxygen atoms in total. The lowest BCUT2D eigenvalue weighted by molar-refractivity contribution is -0.149. The lowest BCUT2D eigenvalue weighted by atomic mass is 9.92. The minimum Gasteiger partial charge on any atom is -0.466 e. The first-order valence-corrected chi connectivity index (χ1v) is 5.04. The molecule has 0 bridgehead atoms. The maximum atomic E-state index is 11.0. The van der Waals surface area contributed by atoms with Gasteiger partial charge in [-0.3, -0.25) is 4.79 Å². The fourth-order valence-corrected chi connectivity index (χ4v) is 1.86. The first-order chi connectivity index (χ1) is 6.84. The number of hydrogen-bond acceptors (Lipinski definition) is 2. The maximum Gasteiger partial charge on any atom is 0.306 e. The molecule has 0 spiro atoms. The summed E-state index contributed by atoms with van der Waals surface area (Å²) in [6, 6.07) is 10.3. The van der Waals surface area contributed by atoms with E-state index in [4.69, 9.17) is 4.74 Å². The quantitative estimate of drug-likeness (QED) is 0.668. The van der Waals surface area contributed by atoms with Crippen LogP contribution in [0.15, 0.2) is 30.3 Å². The predicted molar refractivity (Wildman–Crippen MR) is 53.8 cm³/mol. The molecule has 74 valence electrons. The van der Waals surface area contributed by atoms with E-state index in [1.165, 1.54) is 5.56 Å². The van der Waals surface area contributed by atoms with E-state index in [2.05, 4.69) is 12.1 Å². The fourth-order valence-electron chi connectivity index (χ4n) is 1.86. The molecule has 1 saturated heterocycles. The van der Waals surface area contributed by atoms with Crippen molar-refractivity contribution in [1.29, 1.82) is 0 Å². The largest absolute Gasteiger partial charge is 0.466 e. The summed E-state index contributed by atoms with van der Waals surface area (Å²) in [4.78, 5) is 11.0. The molecule has 2 rings (SSSR count). The van der Waals surface area contributed by atoms with Crippen LogP contribution in [0, 0.1) is 5.92 Å². The van der Waals surface area contributed by atoms with Crippen molar-refractivity contribution < 1.29 is 9.53 Å². The minimum atomic E-state index is -0.0443. The van der Waals surface area contributed by atoms with Crippen molar-refractivity contribution in [2.45, 2.75) is 19.3 Å². The minimum absolute atomic E-state index is 0.0443. The Morgan fingerprint density at radius 3 is 2.79 bits per heavy atom. The Morgan fingerprint density at radius 2 is 2.07 bits per heavy atom. The summed E-state index contributed by atoms with van der Waals surface area (Å²) >= 11 is 0. The van der Waals surface area contributed by atoms with E-state index >= 15 is 0 Å². The molecule has 1 aliphatic heterocycles. The molecular weight excluding hydrogens is 176 g/mol. The van der Waals surface area contributed by atoms with E-state index in [1.54, 1.807) is 0 Å². The van der Waals surface area contributed by atoms with Gasteiger partial charge in [0.05, 0.1) is 6.61 Å². The Labute approximate surface area is 83.9 Å². The second kappa shape index (κ2) is 4.27. The lowest BCUT2D eigenvalue weighted by Crippen LogP contribution is -2.22. The molecule has 14 heavy (non-hydrogen) atoms. The first kappa shape index (κ1) is 9.25. The van der Waals surface area contributed by atoms with Crippen LogP contribution in [-0.2, 0) is 16.0 Å². The predicted octanol–water partition coefficient (Wildman–Crippen LogP) is 2.18. The van der Waals surface area contributed by atoms with Gasteiger partial charge in [-0.2, -0.15) is 0 Å². The zero-order valence-electron chi connectivity index (χ0n) is 8.11. The van der Waals surface area contributed by atoms with Crippen LogP contribution in [0.5, 0.6) is 0 Å². The highest BCUT2D eigenvalue weighted by Crippen LogP contribution is 2.20. The summed E-state index contributed by atoms with van der Waals surface area (Å²) in [5.41, 5.74) is 1.31. The average Bonchev–Trinajstić information content (AvgIpc) is 2.19. The molecule has 1 fully saturated rings. The Hall–Kier alpha value is -1.31. The number of ether oxygens (including phenoxy) is 1. The average molecular weight is 190 g/mol. The molecule has 0 saturated carbocycles. The Morgan fingerprint density at radius 1 is 1.29 bits per heavy atom. The summed E-state index contributed by atoms with van der Waals surface area (Å²) < 4.78 is 4.91. The number of cyclic esters (lactones) is 1. The van der Waals surface area contributed by atoms with Crippen molar-refractivity contribution >= 4 is 5.97 Å². The molecule has 1 aliphatic rings. The van der Waals surface area contributed by atoms with E-state index < -0.39 is 0 Å². The summed E-state index contributed by atoms with van der Waals surface area (Å²) in [6.07, 6.45) is 2.57. The van der Waals surface area contributed by atoms with Crippen molar-refractivity contribution in [2.75, 3.05) is 6.61 Å². The van der Waals surface area contributed by atoms with Crippen LogP contribution < -0.4 is 0 Å². The van der Waals surface area contributed by atoms with Gasteiger partial charge >= 0.3 is 5.97 Å². The van der Waals surface area contributed by atoms with Crippen LogP contribution >= 0.6 is 0 Å². The van der Waals surface area contributed by atoms with Gasteiger partial charge in [-0.1, -0.05) is 30.3 Å². The van der Waals surface area contributed by atoms with Gasteiger partial charge in [-0.25, -0.2) is 0 Å². The van der Waals surface area contributed by atoms with Gasteiger partial charge in [-0.15, -0.1) is 0 Å². The van der Waals surface area contributed by atoms with Crippen molar-refractivity contribution in [3.8, 4) is 0 Å². The second-order valence-corrected chi connectivity index (χ2v) is 3.77. The van der Waals surface area contributed by atoms with Gasteiger partial charge in [0.15, 0.2) is 0 Å². The summed E-state index contributed by atoms with van der Waals surface area (Å²) in [5.74, 6) is 0.427. The highest BCUT2D eigenvalue weighted by Gasteiger charge is 2.20. The third-order valence-electron chi connectivity index (χ3n) is 2.61. The number of rotatable bonds is 2. The van der Waals surface area contributed by atoms with Crippen molar-refractivity contribution in [3.63, 3.8) is 0 Å². The molecular formula is C12H14O2. The lowest BCUT2D eigenvalue weighted by Gasteiger charge is -2.21. The number of benzene rings is 1. The van der Waals surface area contributed by atoms with E-state index in [0.29, 0.717) is 18.9 Å². The second-order valence-electron chi connectivity index (χ2n) is 3.77. The SMILES string of the molecule is O=C1CC(Cc2ccccc2)CCO1. The van der Waals surface area contributed by atoms with E-state index in [1.807, 2.05) is 18.2 Å². The summed E-state index contributed by atoms with van der Waals surface area (Å²) in [6.45, 7) is 0.594. The topological polar surface area (TPSA) is 26.3 Å². The molecule has 0 amide bonds. The Bertz CT molecular complexity index is 305. The van der Waals surface area contributed by atoms with Crippen molar-refractivity contribution in [3.05, 3.63) is 35.9 Å². The molecule has 1 atom stereocenters. The zero-order chi connectivity index (χ0) is 9.80. The van der Waals surface area contributed by atoms with E-state index in [0.717, 1.165) is 12.8 Å². The van der Waals surface area contributed by atoms with Crippen LogP contribution in [0.25, 0.3) is 0 Å². The summed E-state index contributed by atoms with van der Waals surface area (Å²) in [5, 5.41) is 0. The number of esters is 1. The van der Waals surface area contributed by atoms with Gasteiger partial charge in [0.1, 0.15) is 0 Å². The van der Waals surface area contributed by atoms with Crippen molar-refractivity contribution in [2.24, 2.45) is 5.92 Å². The zero-order valence-corrected chi connectivity index (χ0v) is 8.11. The fraction of sp³-hybridized carbons (Fsp3) is 0.417. The van der Waals surface area contributed by atoms with Crippen LogP contribution in [0.4, 0.5) is 0 Å². The molecule has 0 radical (unpaired) electrons. The number of carbonyl (C=O) groups is 1. The van der Waals surface area contributed by atoms with Crippen LogP contribution in [0.2, 0.25) is 0 Å². The van der Waals surface area contributed by atoms with Crippen molar-refractivity contribution in [1.82, 2.24) is 0 Å². The molecule has 1 heterocycles. The van der Waals surface area contributed by atoms with Gasteiger partial charge in [0.25, 0.3) is 0 Å². The molecule has 2 heteroatoms. The Balaban J connectivity index is 1.94. The summed E-state index contributed by atoms with van der Waals surface area (Å²) in [7, 11) is 0. The highest BCUT2D eigenvalue weighted by atomic mass is 16.5. The van der Waals surface area contributed by atoms with Crippen LogP contribution in [-0.4, -0.2) is 12.6 Å². The Kier molecular flexibility index (Phi) is 2.82. The van der Waals surface area contributed by atoms with Gasteiger partial charge < -0.3 is 4.74 Å². The van der Waals surface area contributed by atoms with Gasteiger partial charge in [-0.05, 0) is 24.3 Å². The molecule has 0 N–H and O–H groups in total.